The zero-order chi connectivity index (χ0) is 11.7. The van der Waals surface area contributed by atoms with E-state index in [1.54, 1.807) is 24.3 Å². The van der Waals surface area contributed by atoms with Gasteiger partial charge in [0, 0.05) is 5.56 Å². The average molecular weight is 219 g/mol. The first-order valence-corrected chi connectivity index (χ1v) is 4.63. The Morgan fingerprint density at radius 1 is 1.44 bits per heavy atom. The smallest absolute Gasteiger partial charge is 0.355 e. The van der Waals surface area contributed by atoms with Crippen LogP contribution in [0.3, 0.4) is 0 Å². The van der Waals surface area contributed by atoms with Crippen molar-refractivity contribution in [2.75, 3.05) is 7.11 Å². The summed E-state index contributed by atoms with van der Waals surface area (Å²) in [4.78, 5) is 26.4. The minimum absolute atomic E-state index is 0.272. The maximum absolute atomic E-state index is 11.6. The number of methoxy groups -OCH3 is 1. The largest absolute Gasteiger partial charge is 0.464 e. The van der Waals surface area contributed by atoms with Gasteiger partial charge in [0.2, 0.25) is 0 Å². The second kappa shape index (κ2) is 3.86. The van der Waals surface area contributed by atoms with Gasteiger partial charge in [-0.1, -0.05) is 18.2 Å². The van der Waals surface area contributed by atoms with Crippen LogP contribution in [0.5, 0.6) is 0 Å². The first-order chi connectivity index (χ1) is 7.65. The molecule has 0 aliphatic carbocycles. The maximum Gasteiger partial charge on any atom is 0.355 e. The summed E-state index contributed by atoms with van der Waals surface area (Å²) in [6, 6.07) is 6.48. The highest BCUT2D eigenvalue weighted by molar-refractivity contribution is 6.41. The summed E-state index contributed by atoms with van der Waals surface area (Å²) in [6.45, 7) is 0. The molecule has 1 heterocycles. The van der Waals surface area contributed by atoms with Gasteiger partial charge in [-0.2, -0.15) is 0 Å². The molecule has 82 valence electrons. The standard InChI is InChI=1S/C11H9NO4/c1-16-11(15)8-9(13)6-4-2-3-5-7(6)10(14)12-8/h2-5,9,13H,1H3. The van der Waals surface area contributed by atoms with E-state index in [2.05, 4.69) is 9.73 Å². The van der Waals surface area contributed by atoms with Crippen LogP contribution in [0.4, 0.5) is 0 Å². The van der Waals surface area contributed by atoms with Gasteiger partial charge in [0.1, 0.15) is 6.10 Å². The van der Waals surface area contributed by atoms with Gasteiger partial charge < -0.3 is 9.84 Å². The highest BCUT2D eigenvalue weighted by Crippen LogP contribution is 2.25. The molecule has 1 N–H and O–H groups in total. The van der Waals surface area contributed by atoms with Crippen LogP contribution in [0, 0.1) is 0 Å². The topological polar surface area (TPSA) is 76.0 Å². The second-order valence-corrected chi connectivity index (χ2v) is 3.28. The van der Waals surface area contributed by atoms with Gasteiger partial charge in [-0.25, -0.2) is 9.79 Å². The number of nitrogens with zero attached hydrogens (tertiary/aromatic N) is 1. The minimum atomic E-state index is -1.21. The summed E-state index contributed by atoms with van der Waals surface area (Å²) in [7, 11) is 1.17. The number of amides is 1. The first kappa shape index (κ1) is 10.5. The number of benzene rings is 1. The number of fused-ring (bicyclic) bond motifs is 1. The van der Waals surface area contributed by atoms with Crippen molar-refractivity contribution in [1.82, 2.24) is 0 Å². The molecule has 5 nitrogen and oxygen atoms in total. The molecule has 1 aromatic rings. The van der Waals surface area contributed by atoms with Crippen molar-refractivity contribution in [1.29, 1.82) is 0 Å². The summed E-state index contributed by atoms with van der Waals surface area (Å²) in [5.41, 5.74) is 0.414. The number of aliphatic imine (C=N–C) groups is 1. The van der Waals surface area contributed by atoms with Crippen LogP contribution >= 0.6 is 0 Å². The molecule has 1 atom stereocenters. The Kier molecular flexibility index (Phi) is 2.54. The number of hydrogen-bond donors (Lipinski definition) is 1. The normalized spacial score (nSPS) is 18.8. The van der Waals surface area contributed by atoms with Crippen LogP contribution in [0.25, 0.3) is 0 Å². The molecule has 1 aromatic carbocycles. The number of esters is 1. The highest BCUT2D eigenvalue weighted by Gasteiger charge is 2.31. The molecule has 16 heavy (non-hydrogen) atoms. The zero-order valence-electron chi connectivity index (χ0n) is 8.51. The van der Waals surface area contributed by atoms with Crippen molar-refractivity contribution in [3.8, 4) is 0 Å². The third-order valence-electron chi connectivity index (χ3n) is 2.36. The SMILES string of the molecule is COC(=O)C1=NC(=O)c2ccccc2C1O. The summed E-state index contributed by atoms with van der Waals surface area (Å²) >= 11 is 0. The Bertz CT molecular complexity index is 493. The van der Waals surface area contributed by atoms with Crippen LogP contribution in [0.15, 0.2) is 29.3 Å². The van der Waals surface area contributed by atoms with Crippen molar-refractivity contribution < 1.29 is 19.4 Å². The van der Waals surface area contributed by atoms with Crippen molar-refractivity contribution in [3.05, 3.63) is 35.4 Å². The number of aliphatic hydroxyl groups excluding tert-OH is 1. The monoisotopic (exact) mass is 219 g/mol. The first-order valence-electron chi connectivity index (χ1n) is 4.63. The molecular formula is C11H9NO4. The molecule has 1 unspecified atom stereocenters. The molecular weight excluding hydrogens is 210 g/mol. The van der Waals surface area contributed by atoms with Crippen molar-refractivity contribution >= 4 is 17.6 Å². The van der Waals surface area contributed by atoms with Crippen LogP contribution in [0.2, 0.25) is 0 Å². The van der Waals surface area contributed by atoms with Crippen molar-refractivity contribution in [2.45, 2.75) is 6.10 Å². The molecule has 0 fully saturated rings. The molecule has 0 bridgehead atoms. The van der Waals surface area contributed by atoms with E-state index in [0.29, 0.717) is 11.1 Å². The van der Waals surface area contributed by atoms with Gasteiger partial charge >= 0.3 is 5.97 Å². The van der Waals surface area contributed by atoms with Gasteiger partial charge in [0.05, 0.1) is 7.11 Å². The van der Waals surface area contributed by atoms with Gasteiger partial charge in [0.25, 0.3) is 5.91 Å². The van der Waals surface area contributed by atoms with E-state index in [0.717, 1.165) is 0 Å². The Morgan fingerprint density at radius 3 is 2.81 bits per heavy atom. The summed E-state index contributed by atoms with van der Waals surface area (Å²) in [6.07, 6.45) is -1.21. The van der Waals surface area contributed by atoms with Crippen LogP contribution in [-0.4, -0.2) is 29.8 Å². The number of ether oxygens (including phenoxy) is 1. The molecule has 1 aliphatic rings. The van der Waals surface area contributed by atoms with Gasteiger partial charge in [-0.05, 0) is 11.6 Å². The van der Waals surface area contributed by atoms with Crippen LogP contribution in [-0.2, 0) is 9.53 Å². The van der Waals surface area contributed by atoms with Crippen LogP contribution in [0.1, 0.15) is 22.0 Å². The molecule has 0 radical (unpaired) electrons. The second-order valence-electron chi connectivity index (χ2n) is 3.28. The Hall–Kier alpha value is -2.01. The third kappa shape index (κ3) is 1.51. The average Bonchev–Trinajstić information content (AvgIpc) is 2.33. The fourth-order valence-corrected chi connectivity index (χ4v) is 1.57. The summed E-state index contributed by atoms with van der Waals surface area (Å²) < 4.78 is 4.44. The fraction of sp³-hybridized carbons (Fsp3) is 0.182. The van der Waals surface area contributed by atoms with E-state index in [1.807, 2.05) is 0 Å². The van der Waals surface area contributed by atoms with E-state index >= 15 is 0 Å². The van der Waals surface area contributed by atoms with E-state index < -0.39 is 18.0 Å². The molecule has 0 saturated heterocycles. The van der Waals surface area contributed by atoms with Gasteiger partial charge in [-0.15, -0.1) is 0 Å². The lowest BCUT2D eigenvalue weighted by Gasteiger charge is -2.18. The Balaban J connectivity index is 2.51. The highest BCUT2D eigenvalue weighted by atomic mass is 16.5. The van der Waals surface area contributed by atoms with Gasteiger partial charge in [0.15, 0.2) is 5.71 Å². The van der Waals surface area contributed by atoms with E-state index in [-0.39, 0.29) is 5.71 Å². The molecule has 0 aromatic heterocycles. The van der Waals surface area contributed by atoms with Gasteiger partial charge in [-0.3, -0.25) is 4.79 Å². The van der Waals surface area contributed by atoms with E-state index in [4.69, 9.17) is 0 Å². The van der Waals surface area contributed by atoms with E-state index in [1.165, 1.54) is 7.11 Å². The number of carbonyl (C=O) groups excluding carboxylic acids is 2. The number of rotatable bonds is 1. The summed E-state index contributed by atoms with van der Waals surface area (Å²) in [5.74, 6) is -1.34. The third-order valence-corrected chi connectivity index (χ3v) is 2.36. The Labute approximate surface area is 91.4 Å². The molecule has 2 rings (SSSR count). The molecule has 1 aliphatic heterocycles. The molecule has 5 heteroatoms. The van der Waals surface area contributed by atoms with E-state index in [9.17, 15) is 14.7 Å². The lowest BCUT2D eigenvalue weighted by atomic mass is 9.95. The molecule has 0 saturated carbocycles. The predicted molar refractivity (Wildman–Crippen MR) is 55.2 cm³/mol. The zero-order valence-corrected chi connectivity index (χ0v) is 8.51. The predicted octanol–water partition coefficient (Wildman–Crippen LogP) is 0.488. The number of aliphatic hydroxyl groups is 1. The van der Waals surface area contributed by atoms with Crippen molar-refractivity contribution in [3.63, 3.8) is 0 Å². The van der Waals surface area contributed by atoms with Crippen molar-refractivity contribution in [2.24, 2.45) is 4.99 Å². The maximum atomic E-state index is 11.6. The minimum Gasteiger partial charge on any atom is -0.464 e. The van der Waals surface area contributed by atoms with Crippen LogP contribution < -0.4 is 0 Å². The molecule has 0 spiro atoms. The Morgan fingerprint density at radius 2 is 2.12 bits per heavy atom. The lowest BCUT2D eigenvalue weighted by Crippen LogP contribution is -2.29. The number of hydrogen-bond acceptors (Lipinski definition) is 4. The lowest BCUT2D eigenvalue weighted by molar-refractivity contribution is -0.133. The molecule has 1 amide bonds. The quantitative estimate of drug-likeness (QED) is 0.697. The fourth-order valence-electron chi connectivity index (χ4n) is 1.57. The number of carbonyl (C=O) groups is 2. The summed E-state index contributed by atoms with van der Waals surface area (Å²) in [5, 5.41) is 9.86.